The lowest BCUT2D eigenvalue weighted by Gasteiger charge is -2.40. The van der Waals surface area contributed by atoms with E-state index in [4.69, 9.17) is 32.9 Å². The third-order valence-corrected chi connectivity index (χ3v) is 11.9. The van der Waals surface area contributed by atoms with E-state index in [-0.39, 0.29) is 41.1 Å². The average molecular weight is 773 g/mol. The molecule has 8 rings (SSSR count). The number of rotatable bonds is 8. The van der Waals surface area contributed by atoms with Gasteiger partial charge in [0.1, 0.15) is 17.5 Å². The molecule has 2 aliphatic heterocycles. The van der Waals surface area contributed by atoms with E-state index in [0.717, 1.165) is 60.0 Å². The monoisotopic (exact) mass is 771 g/mol. The molecule has 1 aliphatic carbocycles. The summed E-state index contributed by atoms with van der Waals surface area (Å²) < 4.78 is 8.25. The van der Waals surface area contributed by atoms with Gasteiger partial charge in [-0.25, -0.2) is 24.5 Å². The Bertz CT molecular complexity index is 2450. The fourth-order valence-electron chi connectivity index (χ4n) is 8.26. The van der Waals surface area contributed by atoms with Crippen LogP contribution in [0, 0.1) is 0 Å². The number of hydrogen-bond acceptors (Lipinski definition) is 10. The van der Waals surface area contributed by atoms with Crippen LogP contribution in [0.2, 0.25) is 10.0 Å². The summed E-state index contributed by atoms with van der Waals surface area (Å²) in [4.78, 5) is 56.1. The number of anilines is 2. The molecule has 2 saturated heterocycles. The molecule has 2 fully saturated rings. The minimum Gasteiger partial charge on any atom is -0.481 e. The Kier molecular flexibility index (Phi) is 9.33. The van der Waals surface area contributed by atoms with Crippen molar-refractivity contribution in [2.75, 3.05) is 45.2 Å². The zero-order valence-electron chi connectivity index (χ0n) is 30.0. The van der Waals surface area contributed by atoms with Crippen LogP contribution in [0.25, 0.3) is 33.4 Å². The van der Waals surface area contributed by atoms with Gasteiger partial charge in [-0.05, 0) is 43.4 Å². The van der Waals surface area contributed by atoms with Gasteiger partial charge in [-0.1, -0.05) is 53.5 Å². The number of aliphatic hydroxyl groups is 1. The molecule has 2 aromatic carbocycles. The second-order valence-electron chi connectivity index (χ2n) is 14.1. The number of carbonyl (C=O) groups is 1. The number of ether oxygens (including phenoxy) is 1. The van der Waals surface area contributed by atoms with E-state index in [2.05, 4.69) is 31.6 Å². The summed E-state index contributed by atoms with van der Waals surface area (Å²) >= 11 is 14.2. The lowest BCUT2D eigenvalue weighted by molar-refractivity contribution is 0.127. The van der Waals surface area contributed by atoms with Crippen LogP contribution in [0.4, 0.5) is 16.3 Å². The van der Waals surface area contributed by atoms with Gasteiger partial charge in [0.25, 0.3) is 5.56 Å². The Balaban J connectivity index is 1.09. The molecule has 5 aromatic rings. The first kappa shape index (κ1) is 36.0. The first-order valence-corrected chi connectivity index (χ1v) is 18.5. The minimum atomic E-state index is -0.531. The average Bonchev–Trinajstić information content (AvgIpc) is 3.79. The number of urea groups is 1. The maximum absolute atomic E-state index is 13.1. The Morgan fingerprint density at radius 1 is 1.00 bits per heavy atom. The zero-order chi connectivity index (χ0) is 37.9. The molecule has 2 atom stereocenters. The number of nitrogens with zero attached hydrogens (tertiary/aromatic N) is 7. The van der Waals surface area contributed by atoms with E-state index in [1.165, 1.54) is 17.9 Å². The highest BCUT2D eigenvalue weighted by molar-refractivity contribution is 6.39. The summed E-state index contributed by atoms with van der Waals surface area (Å²) in [5, 5.41) is 16.7. The lowest BCUT2D eigenvalue weighted by atomic mass is 9.92. The number of pyridine rings is 1. The van der Waals surface area contributed by atoms with Gasteiger partial charge in [-0.2, -0.15) is 0 Å². The van der Waals surface area contributed by atoms with Crippen molar-refractivity contribution in [3.05, 3.63) is 90.8 Å². The smallest absolute Gasteiger partial charge is 0.332 e. The Morgan fingerprint density at radius 2 is 1.74 bits per heavy atom. The predicted octanol–water partition coefficient (Wildman–Crippen LogP) is 4.65. The Hall–Kier alpha value is -5.02. The molecule has 16 heteroatoms. The number of aryl methyl sites for hydroxylation is 2. The van der Waals surface area contributed by atoms with Gasteiger partial charge >= 0.3 is 11.7 Å². The number of halogens is 2. The summed E-state index contributed by atoms with van der Waals surface area (Å²) in [5.41, 5.74) is 4.32. The van der Waals surface area contributed by atoms with Crippen molar-refractivity contribution in [1.82, 2.24) is 39.2 Å². The molecule has 3 aliphatic rings. The van der Waals surface area contributed by atoms with Crippen LogP contribution in [0.3, 0.4) is 0 Å². The highest BCUT2D eigenvalue weighted by atomic mass is 35.5. The molecule has 0 saturated carbocycles. The zero-order valence-corrected chi connectivity index (χ0v) is 31.5. The summed E-state index contributed by atoms with van der Waals surface area (Å²) in [6.45, 7) is 2.51. The molecule has 2 unspecified atom stereocenters. The van der Waals surface area contributed by atoms with Gasteiger partial charge in [0, 0.05) is 68.6 Å². The molecule has 54 heavy (non-hydrogen) atoms. The molecule has 3 N–H and O–H groups in total. The number of fused-ring (bicyclic) bond motifs is 2. The number of amides is 2. The van der Waals surface area contributed by atoms with Crippen molar-refractivity contribution in [3.8, 4) is 28.3 Å². The highest BCUT2D eigenvalue weighted by Gasteiger charge is 2.46. The number of methoxy groups -OCH3 is 1. The Morgan fingerprint density at radius 3 is 2.50 bits per heavy atom. The number of carbonyl (C=O) groups excluding carboxylic acids is 1. The first-order chi connectivity index (χ1) is 26.0. The number of benzene rings is 2. The van der Waals surface area contributed by atoms with E-state index in [0.29, 0.717) is 51.5 Å². The number of aliphatic hydroxyl groups excluding tert-OH is 1. The van der Waals surface area contributed by atoms with Gasteiger partial charge in [0.05, 0.1) is 40.7 Å². The van der Waals surface area contributed by atoms with Crippen molar-refractivity contribution >= 4 is 51.8 Å². The molecule has 1 spiro atoms. The molecular formula is C38H39Cl2N9O5. The number of aromatic nitrogens is 5. The fraction of sp³-hybridized carbons (Fsp3) is 0.368. The van der Waals surface area contributed by atoms with Crippen LogP contribution in [0.1, 0.15) is 36.4 Å². The van der Waals surface area contributed by atoms with Gasteiger partial charge in [-0.15, -0.1) is 0 Å². The summed E-state index contributed by atoms with van der Waals surface area (Å²) in [5.74, 6) is 0.763. The van der Waals surface area contributed by atoms with Crippen LogP contribution in [-0.2, 0) is 20.5 Å². The largest absolute Gasteiger partial charge is 0.481 e. The maximum Gasteiger partial charge on any atom is 0.332 e. The van der Waals surface area contributed by atoms with Crippen molar-refractivity contribution in [3.63, 3.8) is 0 Å². The standard InChI is InChI=1S/C38H39Cl2N9O5/c1-46-33-29(35(51)47(2)37(46)53)32(41-20-42-33)43-25-9-5-7-23(31(25)40)22-6-4-8-24(30(22)39)26-18-21-10-11-27(28(21)34(44-26)54-3)49-15-13-38(19-49)12-14-48(16-17-50)36(52)45-38/h4-9,18,20,27,50H,10-17,19H2,1-3H3,(H,45,52)(H,41,42,43). The van der Waals surface area contributed by atoms with E-state index in [1.807, 2.05) is 30.3 Å². The summed E-state index contributed by atoms with van der Waals surface area (Å²) in [7, 11) is 4.59. The molecule has 280 valence electrons. The first-order valence-electron chi connectivity index (χ1n) is 17.8. The van der Waals surface area contributed by atoms with Gasteiger partial charge < -0.3 is 25.4 Å². The van der Waals surface area contributed by atoms with E-state index in [9.17, 15) is 19.5 Å². The van der Waals surface area contributed by atoms with Crippen LogP contribution in [0.15, 0.2) is 58.4 Å². The SMILES string of the molecule is COc1nc(-c2cccc(-c3cccc(Nc4ncnc5c4c(=O)n(C)c(=O)n5C)c3Cl)c2Cl)cc2c1C(N1CCC3(CCN(CCO)C(=O)N3)C1)CC2. The van der Waals surface area contributed by atoms with Crippen LogP contribution < -0.4 is 26.6 Å². The number of likely N-dealkylation sites (tertiary alicyclic amines) is 1. The van der Waals surface area contributed by atoms with Gasteiger partial charge in [0.2, 0.25) is 5.88 Å². The van der Waals surface area contributed by atoms with Crippen LogP contribution in [-0.4, -0.2) is 90.5 Å². The highest BCUT2D eigenvalue weighted by Crippen LogP contribution is 2.47. The Labute approximate surface area is 320 Å². The predicted molar refractivity (Wildman–Crippen MR) is 207 cm³/mol. The van der Waals surface area contributed by atoms with Crippen molar-refractivity contribution in [2.45, 2.75) is 37.3 Å². The molecule has 14 nitrogen and oxygen atoms in total. The maximum atomic E-state index is 13.1. The van der Waals surface area contributed by atoms with Crippen LogP contribution in [0.5, 0.6) is 5.88 Å². The fourth-order valence-corrected chi connectivity index (χ4v) is 8.86. The molecule has 2 amide bonds. The normalized spacial score (nSPS) is 19.8. The minimum absolute atomic E-state index is 0.0490. The lowest BCUT2D eigenvalue weighted by Crippen LogP contribution is -2.61. The van der Waals surface area contributed by atoms with Crippen LogP contribution >= 0.6 is 23.2 Å². The molecule has 0 radical (unpaired) electrons. The van der Waals surface area contributed by atoms with E-state index >= 15 is 0 Å². The summed E-state index contributed by atoms with van der Waals surface area (Å²) in [6.07, 6.45) is 4.73. The number of β-amino-alcohol motifs (C(OH)–C–C–N with tert-alkyl or cyclic N) is 1. The molecule has 0 bridgehead atoms. The topological polar surface area (TPSA) is 160 Å². The van der Waals surface area contributed by atoms with Gasteiger partial charge in [0.15, 0.2) is 5.65 Å². The second kappa shape index (κ2) is 14.0. The number of nitrogens with one attached hydrogen (secondary N) is 2. The van der Waals surface area contributed by atoms with Crippen molar-refractivity contribution in [1.29, 1.82) is 0 Å². The summed E-state index contributed by atoms with van der Waals surface area (Å²) in [6, 6.07) is 13.3. The molecular weight excluding hydrogens is 733 g/mol. The van der Waals surface area contributed by atoms with Crippen molar-refractivity contribution in [2.24, 2.45) is 14.1 Å². The third-order valence-electron chi connectivity index (χ3n) is 11.1. The quantitative estimate of drug-likeness (QED) is 0.203. The van der Waals surface area contributed by atoms with E-state index in [1.54, 1.807) is 25.1 Å². The van der Waals surface area contributed by atoms with E-state index < -0.39 is 11.2 Å². The third kappa shape index (κ3) is 5.97. The van der Waals surface area contributed by atoms with Crippen molar-refractivity contribution < 1.29 is 14.6 Å². The van der Waals surface area contributed by atoms with Gasteiger partial charge in [-0.3, -0.25) is 18.8 Å². The number of hydrogen-bond donors (Lipinski definition) is 3. The second-order valence-corrected chi connectivity index (χ2v) is 14.9. The molecule has 5 heterocycles. The molecule has 3 aromatic heterocycles.